The van der Waals surface area contributed by atoms with Gasteiger partial charge in [-0.2, -0.15) is 0 Å². The summed E-state index contributed by atoms with van der Waals surface area (Å²) in [7, 11) is 0. The molecule has 2 rings (SSSR count). The molecule has 0 spiro atoms. The first-order chi connectivity index (χ1) is 6.75. The Morgan fingerprint density at radius 1 is 1.14 bits per heavy atom. The highest BCUT2D eigenvalue weighted by Crippen LogP contribution is 2.21. The Balaban J connectivity index is 2.49. The first-order valence-electron chi connectivity index (χ1n) is 4.29. The van der Waals surface area contributed by atoms with E-state index in [9.17, 15) is 0 Å². The SMILES string of the molecule is Cc1cc(-c2cncc(Cl)c2)ccn1. The second kappa shape index (κ2) is 3.76. The summed E-state index contributed by atoms with van der Waals surface area (Å²) >= 11 is 5.86. The maximum Gasteiger partial charge on any atom is 0.0595 e. The first-order valence-corrected chi connectivity index (χ1v) is 4.67. The molecule has 2 nitrogen and oxygen atoms in total. The van der Waals surface area contributed by atoms with Crippen LogP contribution in [0.4, 0.5) is 0 Å². The number of pyridine rings is 2. The minimum absolute atomic E-state index is 0.650. The highest BCUT2D eigenvalue weighted by molar-refractivity contribution is 6.30. The van der Waals surface area contributed by atoms with E-state index in [1.54, 1.807) is 18.6 Å². The molecule has 0 saturated carbocycles. The summed E-state index contributed by atoms with van der Waals surface area (Å²) in [5.74, 6) is 0. The van der Waals surface area contributed by atoms with Crippen LogP contribution in [0.15, 0.2) is 36.8 Å². The number of hydrogen-bond donors (Lipinski definition) is 0. The van der Waals surface area contributed by atoms with Crippen LogP contribution in [0.3, 0.4) is 0 Å². The van der Waals surface area contributed by atoms with Crippen molar-refractivity contribution < 1.29 is 0 Å². The Morgan fingerprint density at radius 2 is 2.00 bits per heavy atom. The number of aryl methyl sites for hydroxylation is 1. The monoisotopic (exact) mass is 204 g/mol. The molecular formula is C11H9ClN2. The molecule has 2 heterocycles. The van der Waals surface area contributed by atoms with Gasteiger partial charge in [0.2, 0.25) is 0 Å². The van der Waals surface area contributed by atoms with E-state index in [-0.39, 0.29) is 0 Å². The van der Waals surface area contributed by atoms with Gasteiger partial charge in [0.1, 0.15) is 0 Å². The Kier molecular flexibility index (Phi) is 2.46. The van der Waals surface area contributed by atoms with Crippen LogP contribution in [-0.2, 0) is 0 Å². The molecule has 0 atom stereocenters. The summed E-state index contributed by atoms with van der Waals surface area (Å²) < 4.78 is 0. The van der Waals surface area contributed by atoms with Crippen molar-refractivity contribution in [2.45, 2.75) is 6.92 Å². The Labute approximate surface area is 87.6 Å². The van der Waals surface area contributed by atoms with Gasteiger partial charge in [-0.3, -0.25) is 9.97 Å². The van der Waals surface area contributed by atoms with Gasteiger partial charge in [0.15, 0.2) is 0 Å². The lowest BCUT2D eigenvalue weighted by Crippen LogP contribution is -1.83. The molecule has 0 unspecified atom stereocenters. The van der Waals surface area contributed by atoms with Crippen LogP contribution in [0, 0.1) is 6.92 Å². The van der Waals surface area contributed by atoms with Gasteiger partial charge in [-0.05, 0) is 30.7 Å². The van der Waals surface area contributed by atoms with Crippen LogP contribution in [0.5, 0.6) is 0 Å². The van der Waals surface area contributed by atoms with Crippen molar-refractivity contribution in [1.82, 2.24) is 9.97 Å². The summed E-state index contributed by atoms with van der Waals surface area (Å²) in [5, 5.41) is 0.650. The average Bonchev–Trinajstić information content (AvgIpc) is 2.18. The molecule has 14 heavy (non-hydrogen) atoms. The Hall–Kier alpha value is -1.41. The predicted octanol–water partition coefficient (Wildman–Crippen LogP) is 3.11. The first kappa shape index (κ1) is 9.16. The lowest BCUT2D eigenvalue weighted by atomic mass is 10.1. The van der Waals surface area contributed by atoms with Crippen LogP contribution >= 0.6 is 11.6 Å². The van der Waals surface area contributed by atoms with Crippen molar-refractivity contribution >= 4 is 11.6 Å². The molecule has 0 bridgehead atoms. The van der Waals surface area contributed by atoms with E-state index in [0.29, 0.717) is 5.02 Å². The molecular weight excluding hydrogens is 196 g/mol. The maximum atomic E-state index is 5.86. The predicted molar refractivity (Wildman–Crippen MR) is 57.2 cm³/mol. The molecule has 0 aliphatic heterocycles. The molecule has 0 aliphatic rings. The minimum Gasteiger partial charge on any atom is -0.263 e. The highest BCUT2D eigenvalue weighted by atomic mass is 35.5. The third-order valence-electron chi connectivity index (χ3n) is 1.93. The third kappa shape index (κ3) is 1.91. The summed E-state index contributed by atoms with van der Waals surface area (Å²) in [6.07, 6.45) is 5.20. The summed E-state index contributed by atoms with van der Waals surface area (Å²) in [4.78, 5) is 8.17. The van der Waals surface area contributed by atoms with Crippen molar-refractivity contribution in [1.29, 1.82) is 0 Å². The molecule has 0 fully saturated rings. The van der Waals surface area contributed by atoms with Gasteiger partial charge in [0.05, 0.1) is 5.02 Å². The van der Waals surface area contributed by atoms with Crippen LogP contribution < -0.4 is 0 Å². The molecule has 0 saturated heterocycles. The normalized spacial score (nSPS) is 10.1. The summed E-state index contributed by atoms with van der Waals surface area (Å²) in [5.41, 5.74) is 3.10. The fourth-order valence-corrected chi connectivity index (χ4v) is 1.47. The van der Waals surface area contributed by atoms with E-state index in [0.717, 1.165) is 16.8 Å². The summed E-state index contributed by atoms with van der Waals surface area (Å²) in [6.45, 7) is 1.96. The molecule has 3 heteroatoms. The number of aromatic nitrogens is 2. The van der Waals surface area contributed by atoms with Crippen molar-refractivity contribution in [3.8, 4) is 11.1 Å². The fraction of sp³-hybridized carbons (Fsp3) is 0.0909. The summed E-state index contributed by atoms with van der Waals surface area (Å²) in [6, 6.07) is 5.84. The number of halogens is 1. The molecule has 0 amide bonds. The van der Waals surface area contributed by atoms with Crippen molar-refractivity contribution in [2.75, 3.05) is 0 Å². The molecule has 0 aliphatic carbocycles. The molecule has 70 valence electrons. The van der Waals surface area contributed by atoms with Gasteiger partial charge in [-0.25, -0.2) is 0 Å². The number of nitrogens with zero attached hydrogens (tertiary/aromatic N) is 2. The fourth-order valence-electron chi connectivity index (χ4n) is 1.29. The van der Waals surface area contributed by atoms with Gasteiger partial charge < -0.3 is 0 Å². The van der Waals surface area contributed by atoms with E-state index >= 15 is 0 Å². The van der Waals surface area contributed by atoms with Gasteiger partial charge in [-0.1, -0.05) is 11.6 Å². The Morgan fingerprint density at radius 3 is 2.71 bits per heavy atom. The smallest absolute Gasteiger partial charge is 0.0595 e. The molecule has 2 aromatic heterocycles. The topological polar surface area (TPSA) is 25.8 Å². The van der Waals surface area contributed by atoms with Gasteiger partial charge in [0, 0.05) is 29.8 Å². The molecule has 0 radical (unpaired) electrons. The largest absolute Gasteiger partial charge is 0.263 e. The zero-order valence-electron chi connectivity index (χ0n) is 7.74. The van der Waals surface area contributed by atoms with Crippen molar-refractivity contribution in [3.05, 3.63) is 47.5 Å². The third-order valence-corrected chi connectivity index (χ3v) is 2.14. The van der Waals surface area contributed by atoms with E-state index in [1.807, 2.05) is 25.1 Å². The van der Waals surface area contributed by atoms with E-state index < -0.39 is 0 Å². The maximum absolute atomic E-state index is 5.86. The van der Waals surface area contributed by atoms with Crippen LogP contribution in [-0.4, -0.2) is 9.97 Å². The van der Waals surface area contributed by atoms with Crippen molar-refractivity contribution in [2.24, 2.45) is 0 Å². The zero-order valence-corrected chi connectivity index (χ0v) is 8.49. The highest BCUT2D eigenvalue weighted by Gasteiger charge is 1.99. The van der Waals surface area contributed by atoms with Crippen LogP contribution in [0.2, 0.25) is 5.02 Å². The lowest BCUT2D eigenvalue weighted by molar-refractivity contribution is 1.20. The van der Waals surface area contributed by atoms with Crippen LogP contribution in [0.25, 0.3) is 11.1 Å². The van der Waals surface area contributed by atoms with E-state index in [4.69, 9.17) is 11.6 Å². The minimum atomic E-state index is 0.650. The van der Waals surface area contributed by atoms with Crippen molar-refractivity contribution in [3.63, 3.8) is 0 Å². The number of rotatable bonds is 1. The molecule has 0 aromatic carbocycles. The quantitative estimate of drug-likeness (QED) is 0.714. The Bertz CT molecular complexity index is 411. The average molecular weight is 205 g/mol. The lowest BCUT2D eigenvalue weighted by Gasteiger charge is -2.01. The van der Waals surface area contributed by atoms with Crippen LogP contribution in [0.1, 0.15) is 5.69 Å². The second-order valence-electron chi connectivity index (χ2n) is 3.08. The number of hydrogen-bond acceptors (Lipinski definition) is 2. The standard InChI is InChI=1S/C11H9ClN2/c1-8-4-9(2-3-14-8)10-5-11(12)7-13-6-10/h2-7H,1H3. The zero-order chi connectivity index (χ0) is 9.97. The molecule has 0 N–H and O–H groups in total. The van der Waals surface area contributed by atoms with Gasteiger partial charge in [0.25, 0.3) is 0 Å². The van der Waals surface area contributed by atoms with Gasteiger partial charge in [-0.15, -0.1) is 0 Å². The molecule has 2 aromatic rings. The van der Waals surface area contributed by atoms with E-state index in [1.165, 1.54) is 0 Å². The second-order valence-corrected chi connectivity index (χ2v) is 3.51. The van der Waals surface area contributed by atoms with E-state index in [2.05, 4.69) is 9.97 Å². The van der Waals surface area contributed by atoms with Gasteiger partial charge >= 0.3 is 0 Å².